The summed E-state index contributed by atoms with van der Waals surface area (Å²) in [4.78, 5) is 18.8. The van der Waals surface area contributed by atoms with Crippen molar-refractivity contribution in [3.05, 3.63) is 161 Å². The van der Waals surface area contributed by atoms with Crippen molar-refractivity contribution < 1.29 is 4.79 Å². The molecule has 0 bridgehead atoms. The van der Waals surface area contributed by atoms with E-state index in [1.54, 1.807) is 0 Å². The lowest BCUT2D eigenvalue weighted by atomic mass is 9.76. The Morgan fingerprint density at radius 3 is 1.93 bits per heavy atom. The van der Waals surface area contributed by atoms with E-state index >= 15 is 0 Å². The van der Waals surface area contributed by atoms with Crippen molar-refractivity contribution in [1.82, 2.24) is 14.1 Å². The van der Waals surface area contributed by atoms with Crippen molar-refractivity contribution in [3.8, 4) is 0 Å². The third-order valence-electron chi connectivity index (χ3n) is 8.60. The van der Waals surface area contributed by atoms with Gasteiger partial charge in [0.1, 0.15) is 5.54 Å². The Kier molecular flexibility index (Phi) is 5.96. The number of hydrogen-bond acceptors (Lipinski definition) is 2. The highest BCUT2D eigenvalue weighted by Crippen LogP contribution is 2.41. The molecule has 1 unspecified atom stereocenters. The van der Waals surface area contributed by atoms with Crippen LogP contribution in [0.2, 0.25) is 0 Å². The molecule has 1 aliphatic heterocycles. The number of aromatic nitrogens is 3. The van der Waals surface area contributed by atoms with Crippen LogP contribution in [0.4, 0.5) is 0 Å². The Morgan fingerprint density at radius 1 is 0.775 bits per heavy atom. The van der Waals surface area contributed by atoms with Gasteiger partial charge in [0.15, 0.2) is 0 Å². The van der Waals surface area contributed by atoms with Gasteiger partial charge in [0.2, 0.25) is 5.91 Å². The highest BCUT2D eigenvalue weighted by Gasteiger charge is 2.39. The number of para-hydroxylation sites is 1. The molecule has 0 saturated carbocycles. The lowest BCUT2D eigenvalue weighted by molar-refractivity contribution is 0.0808. The predicted molar refractivity (Wildman–Crippen MR) is 160 cm³/mol. The fraction of sp³-hybridized carbons (Fsp3) is 0.167. The van der Waals surface area contributed by atoms with Gasteiger partial charge in [-0.15, -0.1) is 0 Å². The molecule has 0 radical (unpaired) electrons. The van der Waals surface area contributed by atoms with Gasteiger partial charge in [-0.3, -0.25) is 9.36 Å². The van der Waals surface area contributed by atoms with Crippen molar-refractivity contribution in [2.24, 2.45) is 5.92 Å². The summed E-state index contributed by atoms with van der Waals surface area (Å²) in [6, 6.07) is 40.1. The van der Waals surface area contributed by atoms with E-state index in [2.05, 4.69) is 127 Å². The van der Waals surface area contributed by atoms with Gasteiger partial charge in [-0.1, -0.05) is 109 Å². The molecular formula is C36H31N3O. The van der Waals surface area contributed by atoms with Crippen LogP contribution >= 0.6 is 0 Å². The largest absolute Gasteiger partial charge is 0.319 e. The summed E-state index contributed by atoms with van der Waals surface area (Å²) >= 11 is 0. The summed E-state index contributed by atoms with van der Waals surface area (Å²) in [7, 11) is 0. The third kappa shape index (κ3) is 3.75. The van der Waals surface area contributed by atoms with Crippen LogP contribution in [0.25, 0.3) is 10.9 Å². The number of benzene rings is 4. The Balaban J connectivity index is 1.31. The van der Waals surface area contributed by atoms with Crippen LogP contribution in [-0.4, -0.2) is 20.0 Å². The predicted octanol–water partition coefficient (Wildman–Crippen LogP) is 7.43. The molecule has 2 aromatic heterocycles. The van der Waals surface area contributed by atoms with Crippen LogP contribution in [0.5, 0.6) is 0 Å². The SMILES string of the molecule is Cc1c2n(c3ccccc13)C(=O)C(Cc1cn(C(c3ccccc3)(c3ccccc3)c3ccccc3)cn1)CC2. The van der Waals surface area contributed by atoms with Crippen LogP contribution in [0.15, 0.2) is 128 Å². The Morgan fingerprint density at radius 2 is 1.32 bits per heavy atom. The van der Waals surface area contributed by atoms with Gasteiger partial charge in [-0.05, 0) is 48.1 Å². The Hall–Kier alpha value is -4.70. The monoisotopic (exact) mass is 521 g/mol. The minimum absolute atomic E-state index is 0.106. The van der Waals surface area contributed by atoms with Gasteiger partial charge in [0.25, 0.3) is 0 Å². The molecule has 40 heavy (non-hydrogen) atoms. The quantitative estimate of drug-likeness (QED) is 0.214. The number of rotatable bonds is 6. The number of aryl methyl sites for hydroxylation is 1. The maximum atomic E-state index is 13.8. The van der Waals surface area contributed by atoms with E-state index < -0.39 is 5.54 Å². The van der Waals surface area contributed by atoms with Gasteiger partial charge in [-0.2, -0.15) is 0 Å². The van der Waals surface area contributed by atoms with Crippen LogP contribution in [-0.2, 0) is 18.4 Å². The molecule has 0 fully saturated rings. The Labute approximate surface area is 234 Å². The summed E-state index contributed by atoms with van der Waals surface area (Å²) in [6.07, 6.45) is 6.44. The average molecular weight is 522 g/mol. The second kappa shape index (κ2) is 9.80. The zero-order valence-electron chi connectivity index (χ0n) is 22.6. The molecule has 0 saturated heterocycles. The van der Waals surface area contributed by atoms with Crippen LogP contribution in [0.3, 0.4) is 0 Å². The highest BCUT2D eigenvalue weighted by atomic mass is 16.2. The number of hydrogen-bond donors (Lipinski definition) is 0. The van der Waals surface area contributed by atoms with E-state index in [1.807, 2.05) is 17.0 Å². The van der Waals surface area contributed by atoms with Gasteiger partial charge >= 0.3 is 0 Å². The van der Waals surface area contributed by atoms with E-state index in [9.17, 15) is 4.79 Å². The van der Waals surface area contributed by atoms with Crippen molar-refractivity contribution in [2.75, 3.05) is 0 Å². The molecule has 4 aromatic carbocycles. The zero-order chi connectivity index (χ0) is 27.1. The average Bonchev–Trinajstić information content (AvgIpc) is 3.60. The zero-order valence-corrected chi connectivity index (χ0v) is 22.6. The molecule has 4 heteroatoms. The van der Waals surface area contributed by atoms with Crippen molar-refractivity contribution in [3.63, 3.8) is 0 Å². The van der Waals surface area contributed by atoms with E-state index in [1.165, 1.54) is 10.9 Å². The second-order valence-corrected chi connectivity index (χ2v) is 10.8. The highest BCUT2D eigenvalue weighted by molar-refractivity contribution is 5.97. The molecule has 1 aliphatic rings. The smallest absolute Gasteiger partial charge is 0.234 e. The normalized spacial score (nSPS) is 15.3. The fourth-order valence-corrected chi connectivity index (χ4v) is 6.70. The van der Waals surface area contributed by atoms with E-state index in [-0.39, 0.29) is 11.8 Å². The molecule has 0 aliphatic carbocycles. The molecule has 0 N–H and O–H groups in total. The van der Waals surface area contributed by atoms with Crippen molar-refractivity contribution in [1.29, 1.82) is 0 Å². The maximum absolute atomic E-state index is 13.8. The molecule has 3 heterocycles. The molecule has 7 rings (SSSR count). The minimum Gasteiger partial charge on any atom is -0.319 e. The molecule has 0 spiro atoms. The van der Waals surface area contributed by atoms with Crippen LogP contribution in [0, 0.1) is 12.8 Å². The summed E-state index contributed by atoms with van der Waals surface area (Å²) in [5.74, 6) is 0.0752. The topological polar surface area (TPSA) is 39.8 Å². The lowest BCUT2D eigenvalue weighted by Gasteiger charge is -2.37. The summed E-state index contributed by atoms with van der Waals surface area (Å²) in [5.41, 5.74) is 7.20. The summed E-state index contributed by atoms with van der Waals surface area (Å²) in [5, 5.41) is 1.18. The lowest BCUT2D eigenvalue weighted by Crippen LogP contribution is -2.37. The van der Waals surface area contributed by atoms with Crippen molar-refractivity contribution in [2.45, 2.75) is 31.7 Å². The number of fused-ring (bicyclic) bond motifs is 3. The first-order chi connectivity index (χ1) is 19.7. The van der Waals surface area contributed by atoms with Crippen LogP contribution in [0.1, 0.15) is 44.9 Å². The van der Waals surface area contributed by atoms with Gasteiger partial charge in [-0.25, -0.2) is 4.98 Å². The standard InChI is InChI=1S/C36H31N3O/c1-26-32-19-11-12-20-34(32)39-33(26)22-21-27(35(39)40)23-31-24-38(25-37-31)36(28-13-5-2-6-14-28,29-15-7-3-8-16-29)30-17-9-4-10-18-30/h2-20,24-25,27H,21-23H2,1H3. The molecule has 6 aromatic rings. The van der Waals surface area contributed by atoms with Crippen LogP contribution < -0.4 is 0 Å². The molecule has 4 nitrogen and oxygen atoms in total. The van der Waals surface area contributed by atoms with E-state index in [4.69, 9.17) is 4.98 Å². The summed E-state index contributed by atoms with van der Waals surface area (Å²) in [6.45, 7) is 2.14. The minimum atomic E-state index is -0.605. The molecule has 196 valence electrons. The number of carbonyl (C=O) groups excluding carboxylic acids is 1. The first-order valence-corrected chi connectivity index (χ1v) is 14.0. The molecular weight excluding hydrogens is 490 g/mol. The van der Waals surface area contributed by atoms with Crippen molar-refractivity contribution >= 4 is 16.8 Å². The number of carbonyl (C=O) groups is 1. The first-order valence-electron chi connectivity index (χ1n) is 14.0. The number of imidazole rings is 1. The van der Waals surface area contributed by atoms with E-state index in [0.29, 0.717) is 6.42 Å². The Bertz CT molecular complexity index is 1700. The third-order valence-corrected chi connectivity index (χ3v) is 8.60. The molecule has 0 amide bonds. The van der Waals surface area contributed by atoms with Gasteiger partial charge in [0.05, 0.1) is 17.5 Å². The molecule has 1 atom stereocenters. The maximum Gasteiger partial charge on any atom is 0.234 e. The van der Waals surface area contributed by atoms with Gasteiger partial charge < -0.3 is 4.57 Å². The fourth-order valence-electron chi connectivity index (χ4n) is 6.70. The summed E-state index contributed by atoms with van der Waals surface area (Å²) < 4.78 is 4.20. The second-order valence-electron chi connectivity index (χ2n) is 10.8. The first kappa shape index (κ1) is 24.3. The number of nitrogens with zero attached hydrogens (tertiary/aromatic N) is 3. The van der Waals surface area contributed by atoms with Gasteiger partial charge in [0, 0.05) is 29.6 Å². The van der Waals surface area contributed by atoms with E-state index in [0.717, 1.165) is 46.4 Å².